The zero-order valence-corrected chi connectivity index (χ0v) is 14.5. The molecule has 1 heterocycles. The minimum absolute atomic E-state index is 0.145. The van der Waals surface area contributed by atoms with Gasteiger partial charge in [-0.1, -0.05) is 24.3 Å². The largest absolute Gasteiger partial charge is 0.492 e. The summed E-state index contributed by atoms with van der Waals surface area (Å²) in [6, 6.07) is 12.8. The van der Waals surface area contributed by atoms with Crippen molar-refractivity contribution in [1.82, 2.24) is 0 Å². The van der Waals surface area contributed by atoms with Gasteiger partial charge in [-0.2, -0.15) is 10.6 Å². The summed E-state index contributed by atoms with van der Waals surface area (Å²) in [4.78, 5) is 0.383. The second kappa shape index (κ2) is 6.38. The van der Waals surface area contributed by atoms with Crippen LogP contribution in [0.25, 0.3) is 0 Å². The molecule has 1 aliphatic rings. The highest BCUT2D eigenvalue weighted by Crippen LogP contribution is 2.63. The summed E-state index contributed by atoms with van der Waals surface area (Å²) in [6.07, 6.45) is 0. The van der Waals surface area contributed by atoms with E-state index < -0.39 is 25.7 Å². The number of sulfone groups is 1. The van der Waals surface area contributed by atoms with Gasteiger partial charge in [-0.25, -0.2) is 8.42 Å². The van der Waals surface area contributed by atoms with Crippen LogP contribution in [-0.2, 0) is 9.84 Å². The normalized spacial score (nSPS) is 20.4. The van der Waals surface area contributed by atoms with E-state index in [1.165, 1.54) is 12.1 Å². The molecule has 0 bridgehead atoms. The van der Waals surface area contributed by atoms with Crippen LogP contribution in [0.1, 0.15) is 10.8 Å². The standard InChI is InChI=1S/C16H19NO5S2/c17-9-10-22-13-7-4-8-14-16(13)15(11-23(14,18)19)24(20,21)12-5-2-1-3-6-12/h1-8,15,18-19H,9-11,17H2. The van der Waals surface area contributed by atoms with Crippen molar-refractivity contribution in [2.75, 3.05) is 18.9 Å². The van der Waals surface area contributed by atoms with Crippen LogP contribution >= 0.6 is 10.6 Å². The van der Waals surface area contributed by atoms with Gasteiger partial charge in [-0.05, 0) is 24.3 Å². The molecular formula is C16H19NO5S2. The van der Waals surface area contributed by atoms with Crippen LogP contribution in [0.15, 0.2) is 58.3 Å². The smallest absolute Gasteiger partial charge is 0.187 e. The van der Waals surface area contributed by atoms with Crippen LogP contribution in [0.5, 0.6) is 5.75 Å². The molecule has 6 nitrogen and oxygen atoms in total. The van der Waals surface area contributed by atoms with Gasteiger partial charge in [0.1, 0.15) is 17.6 Å². The Bertz CT molecular complexity index is 837. The van der Waals surface area contributed by atoms with Gasteiger partial charge in [0.15, 0.2) is 9.84 Å². The predicted molar refractivity (Wildman–Crippen MR) is 93.3 cm³/mol. The lowest BCUT2D eigenvalue weighted by molar-refractivity contribution is 0.324. The maximum Gasteiger partial charge on any atom is 0.187 e. The molecule has 1 aliphatic heterocycles. The second-order valence-electron chi connectivity index (χ2n) is 5.49. The molecule has 0 amide bonds. The van der Waals surface area contributed by atoms with Crippen molar-refractivity contribution in [3.05, 3.63) is 54.1 Å². The lowest BCUT2D eigenvalue weighted by Crippen LogP contribution is -2.17. The molecule has 0 spiro atoms. The van der Waals surface area contributed by atoms with E-state index in [1.54, 1.807) is 36.4 Å². The Labute approximate surface area is 142 Å². The zero-order chi connectivity index (χ0) is 17.4. The Balaban J connectivity index is 2.14. The fourth-order valence-corrected chi connectivity index (χ4v) is 7.26. The van der Waals surface area contributed by atoms with Gasteiger partial charge in [0.05, 0.1) is 15.5 Å². The monoisotopic (exact) mass is 369 g/mol. The molecular weight excluding hydrogens is 350 g/mol. The van der Waals surface area contributed by atoms with Gasteiger partial charge in [0.2, 0.25) is 0 Å². The summed E-state index contributed by atoms with van der Waals surface area (Å²) in [5.74, 6) is 0.0719. The van der Waals surface area contributed by atoms with E-state index in [9.17, 15) is 17.5 Å². The summed E-state index contributed by atoms with van der Waals surface area (Å²) in [5.41, 5.74) is 5.78. The predicted octanol–water partition coefficient (Wildman–Crippen LogP) is 2.66. The van der Waals surface area contributed by atoms with Gasteiger partial charge in [0, 0.05) is 12.1 Å². The molecule has 8 heteroatoms. The van der Waals surface area contributed by atoms with E-state index in [2.05, 4.69) is 0 Å². The minimum Gasteiger partial charge on any atom is -0.492 e. The van der Waals surface area contributed by atoms with Crippen LogP contribution in [0.3, 0.4) is 0 Å². The molecule has 0 aliphatic carbocycles. The third kappa shape index (κ3) is 2.91. The van der Waals surface area contributed by atoms with Crippen LogP contribution in [0.4, 0.5) is 0 Å². The summed E-state index contributed by atoms with van der Waals surface area (Å²) in [5, 5.41) is -1.06. The summed E-state index contributed by atoms with van der Waals surface area (Å²) in [7, 11) is -6.96. The molecule has 0 radical (unpaired) electrons. The molecule has 2 aromatic carbocycles. The maximum absolute atomic E-state index is 13.0. The summed E-state index contributed by atoms with van der Waals surface area (Å²) < 4.78 is 52.3. The molecule has 1 unspecified atom stereocenters. The van der Waals surface area contributed by atoms with Crippen molar-refractivity contribution in [2.45, 2.75) is 15.0 Å². The van der Waals surface area contributed by atoms with E-state index in [0.717, 1.165) is 0 Å². The highest BCUT2D eigenvalue weighted by Gasteiger charge is 2.45. The quantitative estimate of drug-likeness (QED) is 0.747. The molecule has 1 atom stereocenters. The second-order valence-corrected chi connectivity index (χ2v) is 9.72. The fraction of sp³-hybridized carbons (Fsp3) is 0.250. The Morgan fingerprint density at radius 3 is 2.50 bits per heavy atom. The van der Waals surface area contributed by atoms with Crippen molar-refractivity contribution in [3.63, 3.8) is 0 Å². The first-order valence-corrected chi connectivity index (χ1v) is 10.6. The lowest BCUT2D eigenvalue weighted by Gasteiger charge is -2.27. The number of fused-ring (bicyclic) bond motifs is 1. The average molecular weight is 369 g/mol. The van der Waals surface area contributed by atoms with E-state index in [4.69, 9.17) is 10.5 Å². The number of ether oxygens (including phenoxy) is 1. The zero-order valence-electron chi connectivity index (χ0n) is 12.8. The number of rotatable bonds is 5. The number of benzene rings is 2. The van der Waals surface area contributed by atoms with Gasteiger partial charge in [0.25, 0.3) is 0 Å². The van der Waals surface area contributed by atoms with Crippen LogP contribution in [0, 0.1) is 0 Å². The lowest BCUT2D eigenvalue weighted by atomic mass is 10.1. The third-order valence-corrected chi connectivity index (χ3v) is 8.06. The van der Waals surface area contributed by atoms with Crippen LogP contribution in [0.2, 0.25) is 0 Å². The number of hydrogen-bond donors (Lipinski definition) is 3. The molecule has 0 saturated carbocycles. The van der Waals surface area contributed by atoms with Gasteiger partial charge >= 0.3 is 0 Å². The van der Waals surface area contributed by atoms with E-state index >= 15 is 0 Å². The number of nitrogens with two attached hydrogens (primary N) is 1. The first-order chi connectivity index (χ1) is 11.4. The topological polar surface area (TPSA) is 110 Å². The molecule has 24 heavy (non-hydrogen) atoms. The summed E-state index contributed by atoms with van der Waals surface area (Å²) >= 11 is 0. The third-order valence-electron chi connectivity index (χ3n) is 3.91. The Kier molecular flexibility index (Phi) is 4.58. The highest BCUT2D eigenvalue weighted by molar-refractivity contribution is 8.25. The first-order valence-electron chi connectivity index (χ1n) is 7.38. The van der Waals surface area contributed by atoms with E-state index in [0.29, 0.717) is 11.3 Å². The molecule has 0 aromatic heterocycles. The van der Waals surface area contributed by atoms with Crippen LogP contribution in [-0.4, -0.2) is 36.4 Å². The van der Waals surface area contributed by atoms with E-state index in [1.807, 2.05) is 0 Å². The summed E-state index contributed by atoms with van der Waals surface area (Å²) in [6.45, 7) is 0.490. The van der Waals surface area contributed by atoms with Gasteiger partial charge in [-0.3, -0.25) is 9.11 Å². The molecule has 0 fully saturated rings. The van der Waals surface area contributed by atoms with Gasteiger partial charge in [-0.15, -0.1) is 0 Å². The minimum atomic E-state index is -3.78. The molecule has 3 rings (SSSR count). The molecule has 4 N–H and O–H groups in total. The molecule has 0 saturated heterocycles. The highest BCUT2D eigenvalue weighted by atomic mass is 32.3. The maximum atomic E-state index is 13.0. The van der Waals surface area contributed by atoms with Crippen molar-refractivity contribution < 1.29 is 22.3 Å². The van der Waals surface area contributed by atoms with Crippen molar-refractivity contribution in [2.24, 2.45) is 5.73 Å². The Morgan fingerprint density at radius 1 is 1.12 bits per heavy atom. The Hall–Kier alpha value is -1.58. The van der Waals surface area contributed by atoms with Crippen molar-refractivity contribution >= 4 is 20.4 Å². The Morgan fingerprint density at radius 2 is 1.83 bits per heavy atom. The average Bonchev–Trinajstić information content (AvgIpc) is 2.86. The first kappa shape index (κ1) is 17.2. The van der Waals surface area contributed by atoms with Gasteiger partial charge < -0.3 is 10.5 Å². The van der Waals surface area contributed by atoms with Crippen molar-refractivity contribution in [1.29, 1.82) is 0 Å². The van der Waals surface area contributed by atoms with E-state index in [-0.39, 0.29) is 28.7 Å². The molecule has 130 valence electrons. The number of hydrogen-bond acceptors (Lipinski definition) is 6. The SMILES string of the molecule is NCCOc1cccc2c1C(S(=O)(=O)c1ccccc1)CS2(O)O. The van der Waals surface area contributed by atoms with Crippen LogP contribution < -0.4 is 10.5 Å². The molecule has 2 aromatic rings. The van der Waals surface area contributed by atoms with Crippen molar-refractivity contribution in [3.8, 4) is 5.75 Å². The fourth-order valence-electron chi connectivity index (χ4n) is 2.82.